The minimum absolute atomic E-state index is 1.06. The molecule has 0 atom stereocenters. The molecule has 5 heteroatoms. The highest BCUT2D eigenvalue weighted by atomic mass is 35.8. The van der Waals surface area contributed by atoms with Gasteiger partial charge in [0.2, 0.25) is 0 Å². The molecule has 0 aliphatic carbocycles. The van der Waals surface area contributed by atoms with E-state index in [9.17, 15) is 0 Å². The highest BCUT2D eigenvalue weighted by Crippen LogP contribution is 2.07. The molecule has 1 nitrogen and oxygen atoms in total. The number of hydrogen-bond acceptors (Lipinski definition) is 1. The lowest BCUT2D eigenvalue weighted by molar-refractivity contribution is 1.41. The van der Waals surface area contributed by atoms with Crippen LogP contribution in [0, 0.1) is 0 Å². The fraction of sp³-hybridized carbons (Fsp3) is 0. The molecule has 2 rings (SSSR count). The van der Waals surface area contributed by atoms with E-state index in [1.54, 1.807) is 0 Å². The van der Waals surface area contributed by atoms with E-state index in [1.165, 1.54) is 5.39 Å². The van der Waals surface area contributed by atoms with Gasteiger partial charge in [-0.1, -0.05) is 24.3 Å². The van der Waals surface area contributed by atoms with Gasteiger partial charge in [0.15, 0.2) is 0 Å². The summed E-state index contributed by atoms with van der Waals surface area (Å²) < 4.78 is 0. The van der Waals surface area contributed by atoms with Gasteiger partial charge < -0.3 is 0 Å². The SMILES string of the molecule is [Cl][Al]([Cl])[Cl].c1ccc2ncccc2c1. The minimum Gasteiger partial charge on any atom is -0.256 e. The maximum atomic E-state index is 4.94. The van der Waals surface area contributed by atoms with Gasteiger partial charge in [-0.3, -0.25) is 4.98 Å². The maximum Gasteiger partial charge on any atom is 0.643 e. The minimum atomic E-state index is -1.72. The zero-order valence-electron chi connectivity index (χ0n) is 7.20. The molecular weight excluding hydrogens is 255 g/mol. The third-order valence-electron chi connectivity index (χ3n) is 1.51. The summed E-state index contributed by atoms with van der Waals surface area (Å²) in [5, 5.41) is 1.20. The molecule has 0 bridgehead atoms. The molecule has 1 aromatic carbocycles. The molecule has 72 valence electrons. The second-order valence-electron chi connectivity index (χ2n) is 2.44. The first kappa shape index (κ1) is 12.1. The van der Waals surface area contributed by atoms with Crippen molar-refractivity contribution in [3.05, 3.63) is 42.6 Å². The summed E-state index contributed by atoms with van der Waals surface area (Å²) in [5.41, 5.74) is 1.06. The number of hydrogen-bond donors (Lipinski definition) is 0. The Morgan fingerprint density at radius 2 is 1.50 bits per heavy atom. The van der Waals surface area contributed by atoms with Crippen molar-refractivity contribution in [2.24, 2.45) is 0 Å². The molecule has 0 saturated heterocycles. The van der Waals surface area contributed by atoms with E-state index in [1.807, 2.05) is 30.5 Å². The fourth-order valence-corrected chi connectivity index (χ4v) is 1.02. The number of rotatable bonds is 0. The number of benzene rings is 1. The van der Waals surface area contributed by atoms with Crippen molar-refractivity contribution < 1.29 is 0 Å². The first-order valence-corrected chi connectivity index (χ1v) is 9.16. The highest BCUT2D eigenvalue weighted by molar-refractivity contribution is 7.54. The Balaban J connectivity index is 0.000000213. The van der Waals surface area contributed by atoms with Crippen LogP contribution in [-0.4, -0.2) is 16.4 Å². The summed E-state index contributed by atoms with van der Waals surface area (Å²) in [5.74, 6) is 0. The number of nitrogens with zero attached hydrogens (tertiary/aromatic N) is 1. The number of fused-ring (bicyclic) bond motifs is 1. The van der Waals surface area contributed by atoms with Gasteiger partial charge in [-0.25, -0.2) is 30.1 Å². The van der Waals surface area contributed by atoms with Gasteiger partial charge >= 0.3 is 11.4 Å². The van der Waals surface area contributed by atoms with Crippen LogP contribution in [0.5, 0.6) is 0 Å². The molecule has 14 heavy (non-hydrogen) atoms. The lowest BCUT2D eigenvalue weighted by atomic mass is 10.2. The number of para-hydroxylation sites is 1. The molecule has 1 heterocycles. The summed E-state index contributed by atoms with van der Waals surface area (Å²) in [6.45, 7) is 0. The van der Waals surface area contributed by atoms with Crippen molar-refractivity contribution >= 4 is 52.4 Å². The third-order valence-corrected chi connectivity index (χ3v) is 1.51. The van der Waals surface area contributed by atoms with Crippen molar-refractivity contribution in [2.75, 3.05) is 0 Å². The number of pyridine rings is 1. The third kappa shape index (κ3) is 4.50. The number of aromatic nitrogens is 1. The van der Waals surface area contributed by atoms with Gasteiger partial charge in [0, 0.05) is 11.6 Å². The van der Waals surface area contributed by atoms with Crippen LogP contribution in [0.2, 0.25) is 0 Å². The Kier molecular flexibility index (Phi) is 5.62. The Hall–Kier alpha value is 0.0325. The van der Waals surface area contributed by atoms with Gasteiger partial charge in [-0.05, 0) is 12.1 Å². The van der Waals surface area contributed by atoms with E-state index in [0.29, 0.717) is 0 Å². The number of halogens is 3. The van der Waals surface area contributed by atoms with E-state index in [2.05, 4.69) is 17.1 Å². The van der Waals surface area contributed by atoms with E-state index in [-0.39, 0.29) is 0 Å². The second-order valence-corrected chi connectivity index (χ2v) is 8.88. The van der Waals surface area contributed by atoms with Crippen LogP contribution in [-0.2, 0) is 0 Å². The standard InChI is InChI=1S/C9H7N.Al.3ClH/c1-2-6-9-8(4-1)5-3-7-10-9;;;;/h1-7H;;3*1H/q;+3;;;/p-3. The molecular formula is C9H7AlCl3N. The van der Waals surface area contributed by atoms with Crippen LogP contribution in [0.3, 0.4) is 0 Å². The summed E-state index contributed by atoms with van der Waals surface area (Å²) >= 11 is -1.72. The lowest BCUT2D eigenvalue weighted by Crippen LogP contribution is -1.73. The van der Waals surface area contributed by atoms with Gasteiger partial charge in [0.1, 0.15) is 0 Å². The van der Waals surface area contributed by atoms with Crippen LogP contribution in [0.25, 0.3) is 10.9 Å². The molecule has 0 aliphatic rings. The zero-order chi connectivity index (χ0) is 10.4. The summed E-state index contributed by atoms with van der Waals surface area (Å²) in [4.78, 5) is 4.18. The fourth-order valence-electron chi connectivity index (χ4n) is 1.02. The van der Waals surface area contributed by atoms with Crippen LogP contribution in [0.4, 0.5) is 0 Å². The zero-order valence-corrected chi connectivity index (χ0v) is 10.6. The van der Waals surface area contributed by atoms with Crippen LogP contribution in [0.15, 0.2) is 42.6 Å². The van der Waals surface area contributed by atoms with Gasteiger partial charge in [0.05, 0.1) is 5.52 Å². The average molecular weight is 263 g/mol. The van der Waals surface area contributed by atoms with Gasteiger partial charge in [0.25, 0.3) is 0 Å². The van der Waals surface area contributed by atoms with Crippen molar-refractivity contribution in [2.45, 2.75) is 0 Å². The van der Waals surface area contributed by atoms with Gasteiger partial charge in [-0.2, -0.15) is 0 Å². The first-order chi connectivity index (χ1) is 6.70. The monoisotopic (exact) mass is 261 g/mol. The highest BCUT2D eigenvalue weighted by Gasteiger charge is 2.00. The van der Waals surface area contributed by atoms with Crippen LogP contribution >= 0.6 is 30.1 Å². The average Bonchev–Trinajstić information content (AvgIpc) is 2.17. The Bertz CT molecular complexity index is 326. The van der Waals surface area contributed by atoms with Gasteiger partial charge in [-0.15, -0.1) is 0 Å². The molecule has 0 saturated carbocycles. The van der Waals surface area contributed by atoms with Crippen molar-refractivity contribution in [3.63, 3.8) is 0 Å². The summed E-state index contributed by atoms with van der Waals surface area (Å²) in [6, 6.07) is 12.1. The lowest BCUT2D eigenvalue weighted by Gasteiger charge is -1.91. The molecule has 0 fully saturated rings. The van der Waals surface area contributed by atoms with Crippen LogP contribution < -0.4 is 0 Å². The predicted molar refractivity (Wildman–Crippen MR) is 65.1 cm³/mol. The molecule has 0 aliphatic heterocycles. The van der Waals surface area contributed by atoms with Crippen LogP contribution in [0.1, 0.15) is 0 Å². The first-order valence-electron chi connectivity index (χ1n) is 3.92. The Morgan fingerprint density at radius 3 is 2.14 bits per heavy atom. The molecule has 2 aromatic rings. The molecule has 1 aromatic heterocycles. The van der Waals surface area contributed by atoms with E-state index >= 15 is 0 Å². The molecule has 0 N–H and O–H groups in total. The van der Waals surface area contributed by atoms with Crippen molar-refractivity contribution in [1.82, 2.24) is 4.98 Å². The van der Waals surface area contributed by atoms with E-state index < -0.39 is 11.4 Å². The molecule has 0 radical (unpaired) electrons. The smallest absolute Gasteiger partial charge is 0.256 e. The van der Waals surface area contributed by atoms with E-state index in [4.69, 9.17) is 30.1 Å². The Labute approximate surface area is 99.6 Å². The molecule has 0 spiro atoms. The molecule has 0 amide bonds. The van der Waals surface area contributed by atoms with E-state index in [0.717, 1.165) is 5.52 Å². The normalized spacial score (nSPS) is 9.07. The topological polar surface area (TPSA) is 12.9 Å². The second kappa shape index (κ2) is 6.50. The quantitative estimate of drug-likeness (QED) is 0.656. The Morgan fingerprint density at radius 1 is 0.929 bits per heavy atom. The molecule has 0 unspecified atom stereocenters. The summed E-state index contributed by atoms with van der Waals surface area (Å²) in [7, 11) is 14.8. The largest absolute Gasteiger partial charge is 0.643 e. The summed E-state index contributed by atoms with van der Waals surface area (Å²) in [6.07, 6.45) is 1.81. The van der Waals surface area contributed by atoms with Crippen molar-refractivity contribution in [1.29, 1.82) is 0 Å². The predicted octanol–water partition coefficient (Wildman–Crippen LogP) is 3.92. The maximum absolute atomic E-state index is 4.94. The van der Waals surface area contributed by atoms with Crippen molar-refractivity contribution in [3.8, 4) is 0 Å².